The molecule has 0 spiro atoms. The first kappa shape index (κ1) is 15.8. The third-order valence-electron chi connectivity index (χ3n) is 4.12. The number of pyridine rings is 1. The van der Waals surface area contributed by atoms with Crippen molar-refractivity contribution in [3.63, 3.8) is 0 Å². The number of hydrogen-bond donors (Lipinski definition) is 1. The molecule has 0 unspecified atom stereocenters. The number of fused-ring (bicyclic) bond motifs is 1. The molecule has 3 aromatic rings. The molecular formula is C19H17N2O3-. The quantitative estimate of drug-likeness (QED) is 0.805. The Hall–Kier alpha value is -3.08. The number of aromatic nitrogens is 1. The molecule has 0 aliphatic heterocycles. The summed E-state index contributed by atoms with van der Waals surface area (Å²) in [6, 6.07) is 14.1. The highest BCUT2D eigenvalue weighted by molar-refractivity contribution is 6.14. The molecular weight excluding hydrogens is 304 g/mol. The zero-order valence-electron chi connectivity index (χ0n) is 13.5. The van der Waals surface area contributed by atoms with Gasteiger partial charge in [0.25, 0.3) is 11.5 Å². The van der Waals surface area contributed by atoms with E-state index in [1.807, 2.05) is 25.1 Å². The molecule has 0 atom stereocenters. The first-order valence-electron chi connectivity index (χ1n) is 7.72. The zero-order valence-corrected chi connectivity index (χ0v) is 13.5. The standard InChI is InChI=1S/C19H18N2O3/c1-3-12-8-4-7-11-15(12)20-17(22)16-13-9-5-6-10-14(13)18(23)21(2)19(16)24/h4-11,24H,3H2,1-2H3,(H,20,22)/p-1. The van der Waals surface area contributed by atoms with Gasteiger partial charge in [-0.1, -0.05) is 43.3 Å². The summed E-state index contributed by atoms with van der Waals surface area (Å²) in [7, 11) is 1.38. The molecule has 0 saturated carbocycles. The first-order chi connectivity index (χ1) is 11.5. The summed E-state index contributed by atoms with van der Waals surface area (Å²) in [4.78, 5) is 25.0. The van der Waals surface area contributed by atoms with Crippen LogP contribution in [0.5, 0.6) is 5.88 Å². The third kappa shape index (κ3) is 2.54. The van der Waals surface area contributed by atoms with Crippen molar-refractivity contribution >= 4 is 22.4 Å². The number of carbonyl (C=O) groups is 1. The van der Waals surface area contributed by atoms with E-state index in [1.165, 1.54) is 7.05 Å². The Balaban J connectivity index is 2.16. The second kappa shape index (κ2) is 6.20. The van der Waals surface area contributed by atoms with Crippen molar-refractivity contribution in [2.75, 3.05) is 5.32 Å². The molecule has 2 aromatic carbocycles. The molecule has 3 rings (SSSR count). The van der Waals surface area contributed by atoms with Crippen LogP contribution in [-0.2, 0) is 13.5 Å². The normalized spacial score (nSPS) is 10.8. The summed E-state index contributed by atoms with van der Waals surface area (Å²) in [5.41, 5.74) is 1.23. The van der Waals surface area contributed by atoms with Gasteiger partial charge in [0.15, 0.2) is 0 Å². The van der Waals surface area contributed by atoms with Crippen LogP contribution in [0.25, 0.3) is 10.8 Å². The Labute approximate surface area is 139 Å². The van der Waals surface area contributed by atoms with Crippen LogP contribution in [-0.4, -0.2) is 10.5 Å². The molecule has 0 radical (unpaired) electrons. The Morgan fingerprint density at radius 3 is 2.42 bits per heavy atom. The van der Waals surface area contributed by atoms with E-state index in [1.54, 1.807) is 30.3 Å². The van der Waals surface area contributed by atoms with Crippen LogP contribution in [0, 0.1) is 0 Å². The highest BCUT2D eigenvalue weighted by atomic mass is 16.3. The van der Waals surface area contributed by atoms with Crippen molar-refractivity contribution in [3.05, 3.63) is 70.0 Å². The lowest BCUT2D eigenvalue weighted by Crippen LogP contribution is -2.26. The van der Waals surface area contributed by atoms with Gasteiger partial charge >= 0.3 is 0 Å². The zero-order chi connectivity index (χ0) is 17.3. The van der Waals surface area contributed by atoms with E-state index in [4.69, 9.17) is 0 Å². The maximum atomic E-state index is 12.8. The molecule has 122 valence electrons. The molecule has 1 aromatic heterocycles. The summed E-state index contributed by atoms with van der Waals surface area (Å²) >= 11 is 0. The fourth-order valence-electron chi connectivity index (χ4n) is 2.80. The maximum absolute atomic E-state index is 12.8. The number of hydrogen-bond acceptors (Lipinski definition) is 3. The van der Waals surface area contributed by atoms with E-state index in [-0.39, 0.29) is 5.56 Å². The smallest absolute Gasteiger partial charge is 0.257 e. The predicted octanol–water partition coefficient (Wildman–Crippen LogP) is 2.43. The molecule has 1 N–H and O–H groups in total. The minimum atomic E-state index is -0.592. The Kier molecular flexibility index (Phi) is 4.08. The van der Waals surface area contributed by atoms with E-state index in [9.17, 15) is 14.7 Å². The van der Waals surface area contributed by atoms with Gasteiger partial charge in [0.05, 0.1) is 5.56 Å². The Morgan fingerprint density at radius 2 is 1.71 bits per heavy atom. The maximum Gasteiger partial charge on any atom is 0.257 e. The van der Waals surface area contributed by atoms with Gasteiger partial charge < -0.3 is 15.0 Å². The van der Waals surface area contributed by atoms with Crippen LogP contribution < -0.4 is 16.0 Å². The Bertz CT molecular complexity index is 990. The van der Waals surface area contributed by atoms with Gasteiger partial charge in [-0.15, -0.1) is 0 Å². The number of benzene rings is 2. The van der Waals surface area contributed by atoms with Crippen LogP contribution in [0.2, 0.25) is 0 Å². The third-order valence-corrected chi connectivity index (χ3v) is 4.12. The lowest BCUT2D eigenvalue weighted by Gasteiger charge is -2.20. The van der Waals surface area contributed by atoms with Gasteiger partial charge in [-0.05, 0) is 30.0 Å². The van der Waals surface area contributed by atoms with Gasteiger partial charge in [-0.2, -0.15) is 0 Å². The molecule has 0 aliphatic carbocycles. The number of para-hydroxylation sites is 1. The molecule has 1 heterocycles. The second-order valence-electron chi connectivity index (χ2n) is 5.55. The number of anilines is 1. The van der Waals surface area contributed by atoms with Crippen LogP contribution in [0.15, 0.2) is 53.3 Å². The number of carbonyl (C=O) groups excluding carboxylic acids is 1. The predicted molar refractivity (Wildman–Crippen MR) is 92.4 cm³/mol. The number of nitrogens with one attached hydrogen (secondary N) is 1. The molecule has 0 fully saturated rings. The van der Waals surface area contributed by atoms with E-state index in [0.717, 1.165) is 16.6 Å². The topological polar surface area (TPSA) is 74.2 Å². The highest BCUT2D eigenvalue weighted by Gasteiger charge is 2.16. The SMILES string of the molecule is CCc1ccccc1NC(=O)c1c([O-])n(C)c(=O)c2ccccc12. The van der Waals surface area contributed by atoms with Crippen LogP contribution in [0.4, 0.5) is 5.69 Å². The number of aryl methyl sites for hydroxylation is 1. The van der Waals surface area contributed by atoms with Gasteiger partial charge in [-0.25, -0.2) is 0 Å². The van der Waals surface area contributed by atoms with E-state index in [0.29, 0.717) is 16.5 Å². The summed E-state index contributed by atoms with van der Waals surface area (Å²) < 4.78 is 0.975. The molecule has 24 heavy (non-hydrogen) atoms. The summed E-state index contributed by atoms with van der Waals surface area (Å²) in [6.07, 6.45) is 0.759. The molecule has 0 bridgehead atoms. The van der Waals surface area contributed by atoms with Gasteiger partial charge in [0.2, 0.25) is 0 Å². The van der Waals surface area contributed by atoms with Crippen LogP contribution >= 0.6 is 0 Å². The lowest BCUT2D eigenvalue weighted by atomic mass is 10.1. The average molecular weight is 321 g/mol. The fourth-order valence-corrected chi connectivity index (χ4v) is 2.80. The lowest BCUT2D eigenvalue weighted by molar-refractivity contribution is -0.279. The molecule has 5 nitrogen and oxygen atoms in total. The summed E-state index contributed by atoms with van der Waals surface area (Å²) in [5, 5.41) is 16.0. The molecule has 0 saturated heterocycles. The number of nitrogens with zero attached hydrogens (tertiary/aromatic N) is 1. The fraction of sp³-hybridized carbons (Fsp3) is 0.158. The van der Waals surface area contributed by atoms with E-state index in [2.05, 4.69) is 5.32 Å². The monoisotopic (exact) mass is 321 g/mol. The molecule has 1 amide bonds. The van der Waals surface area contributed by atoms with Crippen molar-refractivity contribution in [1.29, 1.82) is 0 Å². The van der Waals surface area contributed by atoms with Crippen molar-refractivity contribution < 1.29 is 9.90 Å². The van der Waals surface area contributed by atoms with Crippen LogP contribution in [0.3, 0.4) is 0 Å². The first-order valence-corrected chi connectivity index (χ1v) is 7.72. The minimum absolute atomic E-state index is 0.0152. The second-order valence-corrected chi connectivity index (χ2v) is 5.55. The molecule has 5 heteroatoms. The van der Waals surface area contributed by atoms with Crippen LogP contribution in [0.1, 0.15) is 22.8 Å². The van der Waals surface area contributed by atoms with Crippen molar-refractivity contribution in [1.82, 2.24) is 4.57 Å². The Morgan fingerprint density at radius 1 is 1.08 bits per heavy atom. The minimum Gasteiger partial charge on any atom is -0.859 e. The van der Waals surface area contributed by atoms with Crippen molar-refractivity contribution in [2.24, 2.45) is 7.05 Å². The van der Waals surface area contributed by atoms with Crippen molar-refractivity contribution in [2.45, 2.75) is 13.3 Å². The van der Waals surface area contributed by atoms with Gasteiger partial charge in [-0.3, -0.25) is 9.59 Å². The van der Waals surface area contributed by atoms with Gasteiger partial charge in [0, 0.05) is 23.5 Å². The highest BCUT2D eigenvalue weighted by Crippen LogP contribution is 2.24. The number of amides is 1. The van der Waals surface area contributed by atoms with Crippen molar-refractivity contribution in [3.8, 4) is 5.88 Å². The molecule has 0 aliphatic rings. The summed E-state index contributed by atoms with van der Waals surface area (Å²) in [5.74, 6) is -1.10. The van der Waals surface area contributed by atoms with E-state index < -0.39 is 17.3 Å². The largest absolute Gasteiger partial charge is 0.859 e. The summed E-state index contributed by atoms with van der Waals surface area (Å²) in [6.45, 7) is 1.99. The van der Waals surface area contributed by atoms with Gasteiger partial charge in [0.1, 0.15) is 0 Å². The average Bonchev–Trinajstić information content (AvgIpc) is 2.60. The van der Waals surface area contributed by atoms with E-state index >= 15 is 0 Å². The number of rotatable bonds is 3.